The molecule has 2 rings (SSSR count). The van der Waals surface area contributed by atoms with Crippen molar-refractivity contribution in [2.75, 3.05) is 26.2 Å². The summed E-state index contributed by atoms with van der Waals surface area (Å²) in [5.41, 5.74) is 5.72. The van der Waals surface area contributed by atoms with Crippen LogP contribution in [0.3, 0.4) is 0 Å². The molecule has 0 aromatic carbocycles. The van der Waals surface area contributed by atoms with E-state index in [0.717, 1.165) is 39.0 Å². The summed E-state index contributed by atoms with van der Waals surface area (Å²) in [4.78, 5) is 16.5. The van der Waals surface area contributed by atoms with Crippen LogP contribution in [-0.2, 0) is 4.79 Å². The second-order valence-corrected chi connectivity index (χ2v) is 5.38. The van der Waals surface area contributed by atoms with Crippen LogP contribution in [-0.4, -0.2) is 54.0 Å². The third kappa shape index (κ3) is 2.38. The molecule has 0 atom stereocenters. The number of nitrogens with two attached hydrogens (primary N) is 1. The fourth-order valence-corrected chi connectivity index (χ4v) is 2.58. The maximum absolute atomic E-state index is 12.1. The summed E-state index contributed by atoms with van der Waals surface area (Å²) in [6.45, 7) is 8.24. The summed E-state index contributed by atoms with van der Waals surface area (Å²) in [7, 11) is 0. The van der Waals surface area contributed by atoms with E-state index >= 15 is 0 Å². The van der Waals surface area contributed by atoms with E-state index < -0.39 is 0 Å². The van der Waals surface area contributed by atoms with Crippen LogP contribution in [0, 0.1) is 5.92 Å². The van der Waals surface area contributed by atoms with Crippen LogP contribution in [0.1, 0.15) is 26.7 Å². The van der Waals surface area contributed by atoms with Gasteiger partial charge in [0, 0.05) is 44.2 Å². The summed E-state index contributed by atoms with van der Waals surface area (Å²) in [6.07, 6.45) is 1.78. The highest BCUT2D eigenvalue weighted by molar-refractivity contribution is 5.80. The molecule has 0 bridgehead atoms. The third-order valence-corrected chi connectivity index (χ3v) is 3.88. The van der Waals surface area contributed by atoms with Crippen molar-refractivity contribution in [2.24, 2.45) is 11.7 Å². The highest BCUT2D eigenvalue weighted by Gasteiger charge is 2.35. The van der Waals surface area contributed by atoms with Crippen LogP contribution in [0.25, 0.3) is 0 Å². The minimum absolute atomic E-state index is 0.223. The summed E-state index contributed by atoms with van der Waals surface area (Å²) >= 11 is 0. The highest BCUT2D eigenvalue weighted by atomic mass is 16.2. The van der Waals surface area contributed by atoms with E-state index in [1.165, 1.54) is 0 Å². The average molecular weight is 225 g/mol. The average Bonchev–Trinajstić information content (AvgIpc) is 2.24. The number of nitrogens with zero attached hydrogens (tertiary/aromatic N) is 2. The lowest BCUT2D eigenvalue weighted by Crippen LogP contribution is -2.54. The molecule has 1 saturated carbocycles. The van der Waals surface area contributed by atoms with Crippen molar-refractivity contribution in [1.29, 1.82) is 0 Å². The quantitative estimate of drug-likeness (QED) is 0.734. The molecule has 92 valence electrons. The molecule has 2 aliphatic rings. The number of amides is 1. The van der Waals surface area contributed by atoms with Gasteiger partial charge in [-0.15, -0.1) is 0 Å². The van der Waals surface area contributed by atoms with Crippen molar-refractivity contribution in [1.82, 2.24) is 9.80 Å². The monoisotopic (exact) mass is 225 g/mol. The molecule has 1 amide bonds. The molecule has 1 saturated heterocycles. The smallest absolute Gasteiger partial charge is 0.225 e. The van der Waals surface area contributed by atoms with E-state index in [-0.39, 0.29) is 12.0 Å². The van der Waals surface area contributed by atoms with Gasteiger partial charge in [0.1, 0.15) is 0 Å². The predicted octanol–water partition coefficient (Wildman–Crippen LogP) is 0.276. The number of carbonyl (C=O) groups is 1. The summed E-state index contributed by atoms with van der Waals surface area (Å²) in [5.74, 6) is 0.561. The predicted molar refractivity (Wildman–Crippen MR) is 64.0 cm³/mol. The first kappa shape index (κ1) is 11.9. The SMILES string of the molecule is CC(C)N1CCN(C(=O)C2CC(N)C2)CC1. The summed E-state index contributed by atoms with van der Waals surface area (Å²) in [6, 6.07) is 0.861. The van der Waals surface area contributed by atoms with Gasteiger partial charge in [-0.1, -0.05) is 0 Å². The van der Waals surface area contributed by atoms with Crippen molar-refractivity contribution in [3.63, 3.8) is 0 Å². The van der Waals surface area contributed by atoms with Gasteiger partial charge in [0.25, 0.3) is 0 Å². The Balaban J connectivity index is 1.78. The lowest BCUT2D eigenvalue weighted by Gasteiger charge is -2.41. The van der Waals surface area contributed by atoms with Gasteiger partial charge < -0.3 is 10.6 Å². The Morgan fingerprint density at radius 2 is 1.75 bits per heavy atom. The molecule has 1 aliphatic carbocycles. The Hall–Kier alpha value is -0.610. The first-order valence-electron chi connectivity index (χ1n) is 6.36. The molecule has 0 spiro atoms. The lowest BCUT2D eigenvalue weighted by atomic mass is 9.80. The Morgan fingerprint density at radius 1 is 1.19 bits per heavy atom. The van der Waals surface area contributed by atoms with E-state index in [1.807, 2.05) is 4.90 Å². The zero-order valence-corrected chi connectivity index (χ0v) is 10.4. The van der Waals surface area contributed by atoms with Gasteiger partial charge in [0.2, 0.25) is 5.91 Å². The second kappa shape index (κ2) is 4.72. The van der Waals surface area contributed by atoms with Gasteiger partial charge in [0.15, 0.2) is 0 Å². The largest absolute Gasteiger partial charge is 0.340 e. The number of hydrogen-bond acceptors (Lipinski definition) is 3. The molecule has 0 aromatic rings. The van der Waals surface area contributed by atoms with Gasteiger partial charge in [-0.05, 0) is 26.7 Å². The molecule has 0 unspecified atom stereocenters. The van der Waals surface area contributed by atoms with Gasteiger partial charge in [-0.3, -0.25) is 9.69 Å². The summed E-state index contributed by atoms with van der Waals surface area (Å²) in [5, 5.41) is 0. The normalized spacial score (nSPS) is 31.6. The van der Waals surface area contributed by atoms with Crippen molar-refractivity contribution < 1.29 is 4.79 Å². The zero-order valence-electron chi connectivity index (χ0n) is 10.4. The van der Waals surface area contributed by atoms with E-state index in [0.29, 0.717) is 11.9 Å². The number of rotatable bonds is 2. The Bertz CT molecular complexity index is 253. The molecule has 0 radical (unpaired) electrons. The lowest BCUT2D eigenvalue weighted by molar-refractivity contribution is -0.140. The molecule has 16 heavy (non-hydrogen) atoms. The van der Waals surface area contributed by atoms with Gasteiger partial charge >= 0.3 is 0 Å². The number of piperazine rings is 1. The van der Waals surface area contributed by atoms with Crippen molar-refractivity contribution >= 4 is 5.91 Å². The van der Waals surface area contributed by atoms with E-state index in [4.69, 9.17) is 5.73 Å². The van der Waals surface area contributed by atoms with Crippen LogP contribution in [0.5, 0.6) is 0 Å². The van der Waals surface area contributed by atoms with Crippen LogP contribution in [0.15, 0.2) is 0 Å². The molecule has 4 heteroatoms. The fourth-order valence-electron chi connectivity index (χ4n) is 2.58. The molecule has 0 aromatic heterocycles. The minimum Gasteiger partial charge on any atom is -0.340 e. The molecular formula is C12H23N3O. The third-order valence-electron chi connectivity index (χ3n) is 3.88. The number of hydrogen-bond donors (Lipinski definition) is 1. The van der Waals surface area contributed by atoms with Crippen molar-refractivity contribution in [2.45, 2.75) is 38.8 Å². The van der Waals surface area contributed by atoms with Crippen molar-refractivity contribution in [3.8, 4) is 0 Å². The fraction of sp³-hybridized carbons (Fsp3) is 0.917. The minimum atomic E-state index is 0.223. The molecule has 4 nitrogen and oxygen atoms in total. The van der Waals surface area contributed by atoms with Gasteiger partial charge in [-0.2, -0.15) is 0 Å². The topological polar surface area (TPSA) is 49.6 Å². The Kier molecular flexibility index (Phi) is 3.50. The van der Waals surface area contributed by atoms with Crippen LogP contribution in [0.2, 0.25) is 0 Å². The maximum Gasteiger partial charge on any atom is 0.225 e. The van der Waals surface area contributed by atoms with Crippen LogP contribution >= 0.6 is 0 Å². The second-order valence-electron chi connectivity index (χ2n) is 5.38. The number of carbonyl (C=O) groups excluding carboxylic acids is 1. The molecular weight excluding hydrogens is 202 g/mol. The van der Waals surface area contributed by atoms with Crippen LogP contribution < -0.4 is 5.73 Å². The van der Waals surface area contributed by atoms with Gasteiger partial charge in [0.05, 0.1) is 0 Å². The van der Waals surface area contributed by atoms with Crippen molar-refractivity contribution in [3.05, 3.63) is 0 Å². The van der Waals surface area contributed by atoms with E-state index in [9.17, 15) is 4.79 Å². The standard InChI is InChI=1S/C12H23N3O/c1-9(2)14-3-5-15(6-4-14)12(16)10-7-11(13)8-10/h9-11H,3-8,13H2,1-2H3. The summed E-state index contributed by atoms with van der Waals surface area (Å²) < 4.78 is 0. The van der Waals surface area contributed by atoms with Crippen LogP contribution in [0.4, 0.5) is 0 Å². The zero-order chi connectivity index (χ0) is 11.7. The Labute approximate surface area is 97.8 Å². The molecule has 1 heterocycles. The Morgan fingerprint density at radius 3 is 2.19 bits per heavy atom. The van der Waals surface area contributed by atoms with E-state index in [1.54, 1.807) is 0 Å². The maximum atomic E-state index is 12.1. The first-order valence-corrected chi connectivity index (χ1v) is 6.36. The molecule has 2 fully saturated rings. The van der Waals surface area contributed by atoms with Gasteiger partial charge in [-0.25, -0.2) is 0 Å². The molecule has 1 aliphatic heterocycles. The highest BCUT2D eigenvalue weighted by Crippen LogP contribution is 2.27. The van der Waals surface area contributed by atoms with E-state index in [2.05, 4.69) is 18.7 Å². The molecule has 2 N–H and O–H groups in total. The first-order chi connectivity index (χ1) is 7.58.